The van der Waals surface area contributed by atoms with E-state index in [9.17, 15) is 20.1 Å². The van der Waals surface area contributed by atoms with E-state index < -0.39 is 18.1 Å². The molecule has 3 atom stereocenters. The van der Waals surface area contributed by atoms with E-state index in [4.69, 9.17) is 42.1 Å². The van der Waals surface area contributed by atoms with Crippen LogP contribution in [0.25, 0.3) is 11.1 Å². The predicted octanol–water partition coefficient (Wildman–Crippen LogP) is 8.73. The Bertz CT molecular complexity index is 2790. The van der Waals surface area contributed by atoms with Crippen molar-refractivity contribution in [1.82, 2.24) is 15.3 Å². The minimum absolute atomic E-state index is 0.0353. The molecular weight excluding hydrogens is 869 g/mol. The van der Waals surface area contributed by atoms with Gasteiger partial charge in [-0.25, -0.2) is 0 Å². The molecule has 8 rings (SSSR count). The van der Waals surface area contributed by atoms with Crippen LogP contribution >= 0.6 is 23.2 Å². The van der Waals surface area contributed by atoms with E-state index in [0.717, 1.165) is 67.9 Å². The molecule has 0 fully saturated rings. The first-order chi connectivity index (χ1) is 31.4. The van der Waals surface area contributed by atoms with E-state index in [1.54, 1.807) is 49.1 Å². The minimum atomic E-state index is -1.21. The lowest BCUT2D eigenvalue weighted by molar-refractivity contribution is -0.142. The van der Waals surface area contributed by atoms with Gasteiger partial charge in [-0.05, 0) is 78.4 Å². The van der Waals surface area contributed by atoms with Gasteiger partial charge in [-0.15, -0.1) is 0 Å². The number of carboxylic acids is 1. The van der Waals surface area contributed by atoms with Crippen LogP contribution in [0.5, 0.6) is 23.0 Å². The van der Waals surface area contributed by atoms with Gasteiger partial charge < -0.3 is 34.3 Å². The van der Waals surface area contributed by atoms with Gasteiger partial charge in [-0.3, -0.25) is 30.1 Å². The average molecular weight is 917 g/mol. The normalized spacial score (nSPS) is 14.6. The Kier molecular flexibility index (Phi) is 14.1. The van der Waals surface area contributed by atoms with Crippen molar-refractivity contribution in [3.63, 3.8) is 0 Å². The summed E-state index contributed by atoms with van der Waals surface area (Å²) in [5, 5.41) is 33.4. The first-order valence-corrected chi connectivity index (χ1v) is 21.7. The van der Waals surface area contributed by atoms with Gasteiger partial charge >= 0.3 is 5.97 Å². The quantitative estimate of drug-likeness (QED) is 0.0543. The molecule has 2 aromatic heterocycles. The van der Waals surface area contributed by atoms with Crippen molar-refractivity contribution in [2.75, 3.05) is 6.54 Å². The number of aliphatic imine (C=N–C) groups is 2. The van der Waals surface area contributed by atoms with Gasteiger partial charge in [0.2, 0.25) is 0 Å². The first-order valence-electron chi connectivity index (χ1n) is 21.0. The van der Waals surface area contributed by atoms with Crippen LogP contribution in [0.4, 0.5) is 0 Å². The number of carbonyl (C=O) groups is 1. The number of carboxylic acid groups (broad SMARTS) is 1. The average Bonchev–Trinajstić information content (AvgIpc) is 4.23. The van der Waals surface area contributed by atoms with Crippen molar-refractivity contribution in [1.29, 1.82) is 0 Å². The monoisotopic (exact) mass is 915 g/mol. The fourth-order valence-electron chi connectivity index (χ4n) is 7.39. The van der Waals surface area contributed by atoms with Gasteiger partial charge in [0.1, 0.15) is 61.5 Å². The molecule has 15 heteroatoms. The van der Waals surface area contributed by atoms with Crippen LogP contribution in [0.1, 0.15) is 68.6 Å². The summed E-state index contributed by atoms with van der Waals surface area (Å²) < 4.78 is 25.1. The molecule has 4 aromatic carbocycles. The number of nitrogens with one attached hydrogen (secondary N) is 1. The number of rotatable bonds is 21. The third-order valence-electron chi connectivity index (χ3n) is 11.3. The second-order valence-electron chi connectivity index (χ2n) is 15.9. The maximum atomic E-state index is 11.8. The Morgan fingerprint density at radius 2 is 1.28 bits per heavy atom. The molecule has 2 aliphatic rings. The second-order valence-corrected chi connectivity index (χ2v) is 16.7. The van der Waals surface area contributed by atoms with Crippen LogP contribution < -0.4 is 24.3 Å². The number of aliphatic hydroxyl groups is 2. The summed E-state index contributed by atoms with van der Waals surface area (Å²) in [7, 11) is 0. The molecule has 0 bridgehead atoms. The molecule has 0 aliphatic carbocycles. The molecule has 1 unspecified atom stereocenters. The van der Waals surface area contributed by atoms with Crippen molar-refractivity contribution in [3.8, 4) is 34.1 Å². The lowest BCUT2D eigenvalue weighted by atomic mass is 9.92. The molecule has 0 spiro atoms. The molecule has 4 heterocycles. The molecule has 4 N–H and O–H groups in total. The summed E-state index contributed by atoms with van der Waals surface area (Å²) >= 11 is 13.5. The summed E-state index contributed by atoms with van der Waals surface area (Å²) in [5.74, 6) is 0.511. The molecule has 0 saturated carbocycles. The van der Waals surface area contributed by atoms with Crippen LogP contribution in [0, 0.1) is 13.8 Å². The number of nitrogens with zero attached hydrogens (tertiary/aromatic N) is 4. The zero-order valence-corrected chi connectivity index (χ0v) is 37.4. The molecule has 6 aromatic rings. The standard InChI is InChI=1S/C50H47Cl2N5O8/c1-28-33(26-64-47-14-45(62-24-31-10-35(18-53-16-31)43-21-55-43)37(12-41(47)51)20-57-49(30(3)59)50(60)61)6-4-8-39(28)40-9-5-7-34(29(40)2)27-65-48-15-46(38(23-58)13-42(48)52)63-25-32-11-36(19-54-17-32)44-22-56-44/h4-19,21,30,43,49,57-59H,20,22-27H2,1-3H3,(H,60,61)/t30-,43?,49-/m0/s1. The highest BCUT2D eigenvalue weighted by Gasteiger charge is 2.24. The van der Waals surface area contributed by atoms with E-state index in [2.05, 4.69) is 44.3 Å². The highest BCUT2D eigenvalue weighted by atomic mass is 35.5. The predicted molar refractivity (Wildman–Crippen MR) is 249 cm³/mol. The Morgan fingerprint density at radius 1 is 0.738 bits per heavy atom. The van der Waals surface area contributed by atoms with Crippen LogP contribution in [0.3, 0.4) is 0 Å². The van der Waals surface area contributed by atoms with Crippen molar-refractivity contribution in [2.45, 2.75) is 78.5 Å². The smallest absolute Gasteiger partial charge is 0.323 e. The zero-order chi connectivity index (χ0) is 45.6. The fraction of sp³-hybridized carbons (Fsp3) is 0.260. The van der Waals surface area contributed by atoms with Crippen LogP contribution in [0.2, 0.25) is 10.0 Å². The van der Waals surface area contributed by atoms with Crippen LogP contribution in [-0.4, -0.2) is 61.9 Å². The number of ether oxygens (including phenoxy) is 4. The van der Waals surface area contributed by atoms with E-state index in [1.165, 1.54) is 6.92 Å². The number of pyridine rings is 2. The molecule has 65 heavy (non-hydrogen) atoms. The summed E-state index contributed by atoms with van der Waals surface area (Å²) in [6.07, 6.45) is 7.72. The van der Waals surface area contributed by atoms with Gasteiger partial charge in [0.25, 0.3) is 0 Å². The lowest BCUT2D eigenvalue weighted by Gasteiger charge is -2.20. The first kappa shape index (κ1) is 45.2. The van der Waals surface area contributed by atoms with E-state index in [1.807, 2.05) is 49.5 Å². The van der Waals surface area contributed by atoms with Crippen LogP contribution in [-0.2, 0) is 44.4 Å². The lowest BCUT2D eigenvalue weighted by Crippen LogP contribution is -2.44. The second kappa shape index (κ2) is 20.2. The zero-order valence-electron chi connectivity index (χ0n) is 35.9. The Balaban J connectivity index is 0.970. The number of benzene rings is 4. The largest absolute Gasteiger partial charge is 0.488 e. The number of aliphatic hydroxyl groups excluding tert-OH is 2. The maximum Gasteiger partial charge on any atom is 0.323 e. The van der Waals surface area contributed by atoms with E-state index in [-0.39, 0.29) is 45.6 Å². The Labute approximate surface area is 386 Å². The summed E-state index contributed by atoms with van der Waals surface area (Å²) in [4.78, 5) is 29.0. The number of hydrogen-bond acceptors (Lipinski definition) is 12. The molecule has 2 aliphatic heterocycles. The molecule has 334 valence electrons. The molecule has 0 radical (unpaired) electrons. The van der Waals surface area contributed by atoms with E-state index >= 15 is 0 Å². The number of hydrogen-bond donors (Lipinski definition) is 4. The third kappa shape index (κ3) is 11.1. The van der Waals surface area contributed by atoms with E-state index in [0.29, 0.717) is 44.2 Å². The van der Waals surface area contributed by atoms with Crippen molar-refractivity contribution >= 4 is 41.1 Å². The molecule has 0 amide bonds. The van der Waals surface area contributed by atoms with Crippen molar-refractivity contribution in [2.24, 2.45) is 9.98 Å². The fourth-order valence-corrected chi connectivity index (χ4v) is 7.88. The van der Waals surface area contributed by atoms with Crippen molar-refractivity contribution < 1.29 is 39.1 Å². The van der Waals surface area contributed by atoms with Gasteiger partial charge in [0, 0.05) is 83.1 Å². The SMILES string of the molecule is Cc1c(COc2cc(OCc3cncc(C4=NC4)c3)c(CO)cc2Cl)cccc1-c1cccc(COc2cc(OCc3cncc(C4C=N4)c3)c(CN[C@H](C(=O)O)[C@H](C)O)cc2Cl)c1C. The third-order valence-corrected chi connectivity index (χ3v) is 11.9. The molecular formula is C50H47Cl2N5O8. The molecule has 0 saturated heterocycles. The Hall–Kier alpha value is -6.35. The molecule has 13 nitrogen and oxygen atoms in total. The topological polar surface area (TPSA) is 177 Å². The highest BCUT2D eigenvalue weighted by molar-refractivity contribution is 6.32. The number of halogens is 2. The Morgan fingerprint density at radius 3 is 1.82 bits per heavy atom. The summed E-state index contributed by atoms with van der Waals surface area (Å²) in [5.41, 5.74) is 11.8. The van der Waals surface area contributed by atoms with Gasteiger partial charge in [0.15, 0.2) is 0 Å². The number of aromatic nitrogens is 2. The maximum absolute atomic E-state index is 11.8. The van der Waals surface area contributed by atoms with Gasteiger partial charge in [-0.1, -0.05) is 59.6 Å². The summed E-state index contributed by atoms with van der Waals surface area (Å²) in [6, 6.07) is 21.7. The van der Waals surface area contributed by atoms with Crippen molar-refractivity contribution in [3.05, 3.63) is 163 Å². The van der Waals surface area contributed by atoms with Crippen LogP contribution in [0.15, 0.2) is 108 Å². The summed E-state index contributed by atoms with van der Waals surface area (Å²) in [6.45, 7) is 6.89. The van der Waals surface area contributed by atoms with Gasteiger partial charge in [0.05, 0.1) is 35.0 Å². The minimum Gasteiger partial charge on any atom is -0.488 e. The highest BCUT2D eigenvalue weighted by Crippen LogP contribution is 2.38. The van der Waals surface area contributed by atoms with Gasteiger partial charge in [-0.2, -0.15) is 0 Å². The number of aliphatic carboxylic acids is 1.